The average Bonchev–Trinajstić information content (AvgIpc) is 3.26. The fraction of sp³-hybridized carbons (Fsp3) is 0.278. The number of carbonyl (C=O) groups is 1. The van der Waals surface area contributed by atoms with Crippen molar-refractivity contribution in [2.45, 2.75) is 30.8 Å². The van der Waals surface area contributed by atoms with E-state index < -0.39 is 17.2 Å². The molecule has 0 bridgehead atoms. The molecule has 0 aliphatic heterocycles. The van der Waals surface area contributed by atoms with Crippen molar-refractivity contribution in [3.8, 4) is 0 Å². The Balaban J connectivity index is 1.71. The number of carbonyl (C=O) groups excluding carboxylic acids is 1. The van der Waals surface area contributed by atoms with Gasteiger partial charge in [0.05, 0.1) is 0 Å². The van der Waals surface area contributed by atoms with Gasteiger partial charge in [-0.15, -0.1) is 0 Å². The van der Waals surface area contributed by atoms with Crippen LogP contribution < -0.4 is 11.1 Å². The van der Waals surface area contributed by atoms with Gasteiger partial charge in [-0.1, -0.05) is 34.1 Å². The molecular weight excluding hydrogens is 378 g/mol. The smallest absolute Gasteiger partial charge is 0.244 e. The molecule has 3 rings (SSSR count). The van der Waals surface area contributed by atoms with E-state index in [0.717, 1.165) is 4.47 Å². The van der Waals surface area contributed by atoms with Crippen LogP contribution in [0.2, 0.25) is 0 Å². The number of benzene rings is 2. The lowest BCUT2D eigenvalue weighted by molar-refractivity contribution is -0.126. The number of halogens is 3. The molecule has 1 aliphatic rings. The second kappa shape index (κ2) is 6.26. The standard InChI is InChI=1S/C18H17BrF2N2O/c1-18(22,10-5-7-11(19)8-6-10)17(24)23-15-9-12(15)16-13(20)3-2-4-14(16)21/h2-8,12,15H,9,22H2,1H3,(H,23,24). The maximum atomic E-state index is 13.8. The minimum Gasteiger partial charge on any atom is -0.351 e. The minimum atomic E-state index is -1.22. The van der Waals surface area contributed by atoms with E-state index in [1.165, 1.54) is 18.2 Å². The van der Waals surface area contributed by atoms with Crippen LogP contribution in [0, 0.1) is 11.6 Å². The summed E-state index contributed by atoms with van der Waals surface area (Å²) in [6.45, 7) is 1.62. The van der Waals surface area contributed by atoms with Gasteiger partial charge < -0.3 is 11.1 Å². The zero-order chi connectivity index (χ0) is 17.5. The maximum Gasteiger partial charge on any atom is 0.244 e. The Morgan fingerprint density at radius 2 is 1.79 bits per heavy atom. The molecule has 3 nitrogen and oxygen atoms in total. The third-order valence-corrected chi connectivity index (χ3v) is 4.92. The summed E-state index contributed by atoms with van der Waals surface area (Å²) in [4.78, 5) is 12.5. The molecular formula is C18H17BrF2N2O. The van der Waals surface area contributed by atoms with Crippen LogP contribution in [0.1, 0.15) is 30.4 Å². The van der Waals surface area contributed by atoms with Gasteiger partial charge >= 0.3 is 0 Å². The molecule has 3 atom stereocenters. The Hall–Kier alpha value is -1.79. The topological polar surface area (TPSA) is 55.1 Å². The van der Waals surface area contributed by atoms with E-state index in [4.69, 9.17) is 5.73 Å². The first-order valence-electron chi connectivity index (χ1n) is 7.60. The van der Waals surface area contributed by atoms with Crippen LogP contribution >= 0.6 is 15.9 Å². The SMILES string of the molecule is CC(N)(C(=O)NC1CC1c1c(F)cccc1F)c1ccc(Br)cc1. The normalized spacial score (nSPS) is 21.9. The van der Waals surface area contributed by atoms with E-state index in [0.29, 0.717) is 12.0 Å². The number of amides is 1. The van der Waals surface area contributed by atoms with Crippen molar-refractivity contribution in [1.29, 1.82) is 0 Å². The highest BCUT2D eigenvalue weighted by atomic mass is 79.9. The third kappa shape index (κ3) is 3.21. The molecule has 0 spiro atoms. The summed E-state index contributed by atoms with van der Waals surface area (Å²) in [5, 5.41) is 2.80. The number of hydrogen-bond acceptors (Lipinski definition) is 2. The van der Waals surface area contributed by atoms with Gasteiger partial charge in [0.1, 0.15) is 17.2 Å². The number of hydrogen-bond donors (Lipinski definition) is 2. The average molecular weight is 395 g/mol. The molecule has 2 aromatic rings. The molecule has 0 heterocycles. The summed E-state index contributed by atoms with van der Waals surface area (Å²) < 4.78 is 28.5. The van der Waals surface area contributed by atoms with Crippen LogP contribution in [0.25, 0.3) is 0 Å². The highest BCUT2D eigenvalue weighted by Gasteiger charge is 2.45. The van der Waals surface area contributed by atoms with Gasteiger partial charge in [0.15, 0.2) is 0 Å². The Morgan fingerprint density at radius 1 is 1.21 bits per heavy atom. The van der Waals surface area contributed by atoms with E-state index in [9.17, 15) is 13.6 Å². The Morgan fingerprint density at radius 3 is 2.38 bits per heavy atom. The lowest BCUT2D eigenvalue weighted by atomic mass is 9.92. The van der Waals surface area contributed by atoms with Crippen LogP contribution in [0.5, 0.6) is 0 Å². The number of rotatable bonds is 4. The predicted octanol–water partition coefficient (Wildman–Crippen LogP) is 3.57. The van der Waals surface area contributed by atoms with Gasteiger partial charge in [0, 0.05) is 22.0 Å². The van der Waals surface area contributed by atoms with Crippen molar-refractivity contribution in [3.05, 3.63) is 69.7 Å². The number of nitrogens with one attached hydrogen (secondary N) is 1. The first-order chi connectivity index (χ1) is 11.3. The fourth-order valence-electron chi connectivity index (χ4n) is 2.78. The van der Waals surface area contributed by atoms with Gasteiger partial charge in [-0.25, -0.2) is 8.78 Å². The van der Waals surface area contributed by atoms with E-state index in [-0.39, 0.29) is 23.4 Å². The highest BCUT2D eigenvalue weighted by molar-refractivity contribution is 9.10. The van der Waals surface area contributed by atoms with Gasteiger partial charge in [-0.3, -0.25) is 4.79 Å². The highest BCUT2D eigenvalue weighted by Crippen LogP contribution is 2.43. The summed E-state index contributed by atoms with van der Waals surface area (Å²) in [5.74, 6) is -1.88. The quantitative estimate of drug-likeness (QED) is 0.832. The van der Waals surface area contributed by atoms with Crippen molar-refractivity contribution in [2.75, 3.05) is 0 Å². The number of nitrogens with two attached hydrogens (primary N) is 1. The van der Waals surface area contributed by atoms with Crippen molar-refractivity contribution in [1.82, 2.24) is 5.32 Å². The summed E-state index contributed by atoms with van der Waals surface area (Å²) in [7, 11) is 0. The maximum absolute atomic E-state index is 13.8. The van der Waals surface area contributed by atoms with E-state index in [2.05, 4.69) is 21.2 Å². The van der Waals surface area contributed by atoms with Gasteiger partial charge in [-0.2, -0.15) is 0 Å². The molecule has 0 saturated heterocycles. The van der Waals surface area contributed by atoms with Crippen LogP contribution in [-0.2, 0) is 10.3 Å². The molecule has 1 aliphatic carbocycles. The molecule has 0 aromatic heterocycles. The van der Waals surface area contributed by atoms with E-state index in [1.807, 2.05) is 12.1 Å². The summed E-state index contributed by atoms with van der Waals surface area (Å²) >= 11 is 3.33. The first kappa shape index (κ1) is 17.0. The molecule has 126 valence electrons. The van der Waals surface area contributed by atoms with Crippen molar-refractivity contribution >= 4 is 21.8 Å². The van der Waals surface area contributed by atoms with E-state index >= 15 is 0 Å². The molecule has 6 heteroatoms. The second-order valence-corrected chi connectivity index (χ2v) is 7.18. The lowest BCUT2D eigenvalue weighted by Crippen LogP contribution is -2.49. The van der Waals surface area contributed by atoms with Crippen LogP contribution in [-0.4, -0.2) is 11.9 Å². The monoisotopic (exact) mass is 394 g/mol. The zero-order valence-electron chi connectivity index (χ0n) is 13.0. The van der Waals surface area contributed by atoms with Crippen molar-refractivity contribution in [2.24, 2.45) is 5.73 Å². The molecule has 3 N–H and O–H groups in total. The minimum absolute atomic E-state index is 0.0326. The molecule has 1 fully saturated rings. The largest absolute Gasteiger partial charge is 0.351 e. The second-order valence-electron chi connectivity index (χ2n) is 6.27. The van der Waals surface area contributed by atoms with E-state index in [1.54, 1.807) is 19.1 Å². The van der Waals surface area contributed by atoms with Gasteiger partial charge in [0.25, 0.3) is 0 Å². The van der Waals surface area contributed by atoms with Gasteiger partial charge in [-0.05, 0) is 43.2 Å². The fourth-order valence-corrected chi connectivity index (χ4v) is 3.05. The van der Waals surface area contributed by atoms with Crippen LogP contribution in [0.4, 0.5) is 8.78 Å². The van der Waals surface area contributed by atoms with Crippen LogP contribution in [0.15, 0.2) is 46.9 Å². The lowest BCUT2D eigenvalue weighted by Gasteiger charge is -2.24. The predicted molar refractivity (Wildman–Crippen MR) is 91.3 cm³/mol. The van der Waals surface area contributed by atoms with Gasteiger partial charge in [0.2, 0.25) is 5.91 Å². The first-order valence-corrected chi connectivity index (χ1v) is 8.40. The molecule has 1 saturated carbocycles. The molecule has 24 heavy (non-hydrogen) atoms. The third-order valence-electron chi connectivity index (χ3n) is 4.39. The van der Waals surface area contributed by atoms with Crippen molar-refractivity contribution in [3.63, 3.8) is 0 Å². The van der Waals surface area contributed by atoms with Crippen LogP contribution in [0.3, 0.4) is 0 Å². The Kier molecular flexibility index (Phi) is 4.44. The zero-order valence-corrected chi connectivity index (χ0v) is 14.6. The molecule has 0 radical (unpaired) electrons. The Bertz CT molecular complexity index is 757. The molecule has 3 unspecified atom stereocenters. The summed E-state index contributed by atoms with van der Waals surface area (Å²) in [6, 6.07) is 10.6. The van der Waals surface area contributed by atoms with Crippen molar-refractivity contribution < 1.29 is 13.6 Å². The summed E-state index contributed by atoms with van der Waals surface area (Å²) in [6.07, 6.45) is 0.500. The molecule has 2 aromatic carbocycles. The summed E-state index contributed by atoms with van der Waals surface area (Å²) in [5.41, 5.74) is 5.65. The molecule has 1 amide bonds. The Labute approximate surface area is 147 Å².